The van der Waals surface area contributed by atoms with E-state index in [0.717, 1.165) is 24.1 Å². The van der Waals surface area contributed by atoms with Crippen molar-refractivity contribution in [2.24, 2.45) is 0 Å². The average molecular weight is 467 g/mol. The minimum absolute atomic E-state index is 0.0279. The number of carbonyl (C=O) groups is 1. The molecule has 1 aromatic carbocycles. The minimum Gasteiger partial charge on any atom is -0.396 e. The molecule has 0 saturated carbocycles. The van der Waals surface area contributed by atoms with Gasteiger partial charge >= 0.3 is 0 Å². The van der Waals surface area contributed by atoms with Crippen LogP contribution in [0, 0.1) is 0 Å². The van der Waals surface area contributed by atoms with Gasteiger partial charge in [0.05, 0.1) is 12.3 Å². The predicted octanol–water partition coefficient (Wildman–Crippen LogP) is 7.76. The maximum Gasteiger partial charge on any atom is 0.183 e. The van der Waals surface area contributed by atoms with E-state index in [2.05, 4.69) is 41.2 Å². The summed E-state index contributed by atoms with van der Waals surface area (Å²) in [5.41, 5.74) is 2.58. The number of hydrogen-bond donors (Lipinski definition) is 2. The number of allylic oxidation sites excluding steroid dienone is 2. The molecule has 2 N–H and O–H groups in total. The molecule has 34 heavy (non-hydrogen) atoms. The van der Waals surface area contributed by atoms with Crippen molar-refractivity contribution in [1.29, 1.82) is 0 Å². The van der Waals surface area contributed by atoms with E-state index in [1.54, 1.807) is 0 Å². The first-order valence-electron chi connectivity index (χ1n) is 13.6. The fraction of sp³-hybridized carbons (Fsp3) is 0.600. The summed E-state index contributed by atoms with van der Waals surface area (Å²) in [6, 6.07) is 10.1. The van der Waals surface area contributed by atoms with Gasteiger partial charge in [0.15, 0.2) is 5.78 Å². The SMILES string of the molecule is CCCCCCCC/C=C\CCCCCCCC(=O)c1nc(CCO)[nH]c1Cc1ccccc1. The summed E-state index contributed by atoms with van der Waals surface area (Å²) in [6.45, 7) is 2.29. The normalized spacial score (nSPS) is 11.5. The smallest absolute Gasteiger partial charge is 0.183 e. The van der Waals surface area contributed by atoms with E-state index in [-0.39, 0.29) is 12.4 Å². The third kappa shape index (κ3) is 11.8. The Balaban J connectivity index is 1.60. The number of aromatic nitrogens is 2. The van der Waals surface area contributed by atoms with Crippen molar-refractivity contribution in [2.45, 2.75) is 110 Å². The Morgan fingerprint density at radius 2 is 1.50 bits per heavy atom. The highest BCUT2D eigenvalue weighted by atomic mass is 16.3. The summed E-state index contributed by atoms with van der Waals surface area (Å²) in [6.07, 6.45) is 22.6. The molecule has 0 aliphatic carbocycles. The average Bonchev–Trinajstić information content (AvgIpc) is 3.24. The zero-order chi connectivity index (χ0) is 24.3. The molecule has 1 aromatic heterocycles. The lowest BCUT2D eigenvalue weighted by atomic mass is 10.0. The number of ketones is 1. The first kappa shape index (κ1) is 28.0. The molecule has 0 bridgehead atoms. The lowest BCUT2D eigenvalue weighted by Crippen LogP contribution is -2.04. The summed E-state index contributed by atoms with van der Waals surface area (Å²) in [4.78, 5) is 20.6. The van der Waals surface area contributed by atoms with Crippen LogP contribution in [-0.4, -0.2) is 27.5 Å². The summed E-state index contributed by atoms with van der Waals surface area (Å²) in [5, 5.41) is 9.25. The van der Waals surface area contributed by atoms with Gasteiger partial charge in [0.25, 0.3) is 0 Å². The number of nitrogens with zero attached hydrogens (tertiary/aromatic N) is 1. The number of aromatic amines is 1. The number of benzene rings is 1. The molecular weight excluding hydrogens is 420 g/mol. The number of nitrogens with one attached hydrogen (secondary N) is 1. The molecule has 0 atom stereocenters. The van der Waals surface area contributed by atoms with Crippen LogP contribution in [0.1, 0.15) is 124 Å². The first-order chi connectivity index (χ1) is 16.7. The Kier molecular flexibility index (Phi) is 15.0. The monoisotopic (exact) mass is 466 g/mol. The van der Waals surface area contributed by atoms with E-state index in [1.807, 2.05) is 18.2 Å². The molecular formula is C30H46N2O2. The second-order valence-corrected chi connectivity index (χ2v) is 9.40. The molecule has 0 aliphatic heterocycles. The van der Waals surface area contributed by atoms with Crippen molar-refractivity contribution in [3.63, 3.8) is 0 Å². The summed E-state index contributed by atoms with van der Waals surface area (Å²) >= 11 is 0. The Labute approximate surface area is 207 Å². The maximum absolute atomic E-state index is 12.9. The van der Waals surface area contributed by atoms with Gasteiger partial charge < -0.3 is 10.1 Å². The molecule has 0 unspecified atom stereocenters. The molecule has 2 rings (SSSR count). The van der Waals surface area contributed by atoms with Crippen LogP contribution >= 0.6 is 0 Å². The third-order valence-corrected chi connectivity index (χ3v) is 6.33. The lowest BCUT2D eigenvalue weighted by molar-refractivity contribution is 0.0973. The van der Waals surface area contributed by atoms with E-state index in [0.29, 0.717) is 30.8 Å². The molecule has 0 amide bonds. The number of H-pyrrole nitrogens is 1. The fourth-order valence-electron chi connectivity index (χ4n) is 4.32. The Morgan fingerprint density at radius 1 is 0.882 bits per heavy atom. The second kappa shape index (κ2) is 18.2. The van der Waals surface area contributed by atoms with Crippen LogP contribution in [0.5, 0.6) is 0 Å². The van der Waals surface area contributed by atoms with Crippen molar-refractivity contribution in [1.82, 2.24) is 9.97 Å². The quantitative estimate of drug-likeness (QED) is 0.119. The first-order valence-corrected chi connectivity index (χ1v) is 13.6. The molecule has 0 radical (unpaired) electrons. The van der Waals surface area contributed by atoms with E-state index in [1.165, 1.54) is 70.6 Å². The number of carbonyl (C=O) groups excluding carboxylic acids is 1. The standard InChI is InChI=1S/C30H46N2O2/c1-2-3-4-5-6-7-8-9-10-11-12-13-14-15-19-22-28(34)30-27(31-29(32-30)23-24-33)25-26-20-17-16-18-21-26/h9-10,16-18,20-21,33H,2-8,11-15,19,22-25H2,1H3,(H,31,32)/b10-9-. The van der Waals surface area contributed by atoms with E-state index < -0.39 is 0 Å². The molecule has 4 heteroatoms. The molecule has 1 heterocycles. The minimum atomic E-state index is 0.0279. The number of Topliss-reactive ketones (excluding diaryl/α,β-unsaturated/α-hetero) is 1. The van der Waals surface area contributed by atoms with Crippen LogP contribution in [0.25, 0.3) is 0 Å². The zero-order valence-electron chi connectivity index (χ0n) is 21.4. The largest absolute Gasteiger partial charge is 0.396 e. The maximum atomic E-state index is 12.9. The zero-order valence-corrected chi connectivity index (χ0v) is 21.4. The highest BCUT2D eigenvalue weighted by Gasteiger charge is 2.17. The summed E-state index contributed by atoms with van der Waals surface area (Å²) in [7, 11) is 0. The van der Waals surface area contributed by atoms with Gasteiger partial charge in [-0.3, -0.25) is 4.79 Å². The highest BCUT2D eigenvalue weighted by molar-refractivity contribution is 5.95. The Morgan fingerprint density at radius 3 is 2.15 bits per heavy atom. The van der Waals surface area contributed by atoms with Crippen LogP contribution in [0.3, 0.4) is 0 Å². The van der Waals surface area contributed by atoms with Gasteiger partial charge in [-0.15, -0.1) is 0 Å². The van der Waals surface area contributed by atoms with E-state index in [9.17, 15) is 9.90 Å². The van der Waals surface area contributed by atoms with Crippen LogP contribution in [-0.2, 0) is 12.8 Å². The summed E-state index contributed by atoms with van der Waals surface area (Å²) < 4.78 is 0. The lowest BCUT2D eigenvalue weighted by Gasteiger charge is -2.03. The van der Waals surface area contributed by atoms with Crippen LogP contribution in [0.15, 0.2) is 42.5 Å². The Hall–Kier alpha value is -2.20. The summed E-state index contributed by atoms with van der Waals surface area (Å²) in [5.74, 6) is 0.810. The van der Waals surface area contributed by atoms with Gasteiger partial charge in [0, 0.05) is 19.3 Å². The van der Waals surface area contributed by atoms with Crippen molar-refractivity contribution in [3.05, 3.63) is 65.3 Å². The number of aliphatic hydroxyl groups is 1. The van der Waals surface area contributed by atoms with Gasteiger partial charge in [0.1, 0.15) is 11.5 Å². The molecule has 2 aromatic rings. The molecule has 188 valence electrons. The highest BCUT2D eigenvalue weighted by Crippen LogP contribution is 2.17. The van der Waals surface area contributed by atoms with Gasteiger partial charge in [-0.1, -0.05) is 101 Å². The topological polar surface area (TPSA) is 66.0 Å². The molecule has 0 fully saturated rings. The second-order valence-electron chi connectivity index (χ2n) is 9.40. The van der Waals surface area contributed by atoms with E-state index in [4.69, 9.17) is 0 Å². The number of rotatable bonds is 20. The van der Waals surface area contributed by atoms with Crippen molar-refractivity contribution < 1.29 is 9.90 Å². The number of hydrogen-bond acceptors (Lipinski definition) is 3. The number of unbranched alkanes of at least 4 members (excludes halogenated alkanes) is 11. The van der Waals surface area contributed by atoms with Crippen molar-refractivity contribution >= 4 is 5.78 Å². The predicted molar refractivity (Wildman–Crippen MR) is 142 cm³/mol. The van der Waals surface area contributed by atoms with Crippen LogP contribution in [0.4, 0.5) is 0 Å². The third-order valence-electron chi connectivity index (χ3n) is 6.33. The Bertz CT molecular complexity index is 810. The number of imidazole rings is 1. The van der Waals surface area contributed by atoms with Crippen LogP contribution in [0.2, 0.25) is 0 Å². The fourth-order valence-corrected chi connectivity index (χ4v) is 4.32. The molecule has 0 saturated heterocycles. The van der Waals surface area contributed by atoms with Gasteiger partial charge in [-0.25, -0.2) is 4.98 Å². The van der Waals surface area contributed by atoms with Gasteiger partial charge in [-0.05, 0) is 37.7 Å². The van der Waals surface area contributed by atoms with Gasteiger partial charge in [0.2, 0.25) is 0 Å². The molecule has 4 nitrogen and oxygen atoms in total. The molecule has 0 spiro atoms. The van der Waals surface area contributed by atoms with Crippen LogP contribution < -0.4 is 0 Å². The van der Waals surface area contributed by atoms with Crippen molar-refractivity contribution in [3.8, 4) is 0 Å². The van der Waals surface area contributed by atoms with E-state index >= 15 is 0 Å². The van der Waals surface area contributed by atoms with Crippen molar-refractivity contribution in [2.75, 3.05) is 6.61 Å². The number of aliphatic hydroxyl groups excluding tert-OH is 1. The van der Waals surface area contributed by atoms with Gasteiger partial charge in [-0.2, -0.15) is 0 Å². The molecule has 0 aliphatic rings.